The van der Waals surface area contributed by atoms with E-state index >= 15 is 0 Å². The van der Waals surface area contributed by atoms with Gasteiger partial charge in [0, 0.05) is 0 Å². The number of nitrogens with zero attached hydrogens (tertiary/aromatic N) is 2. The van der Waals surface area contributed by atoms with Gasteiger partial charge in [-0.2, -0.15) is 9.37 Å². The SMILES string of the molecule is Cc1ccc(COc2nc(N)ncc2F)cc1. The zero-order chi connectivity index (χ0) is 12.3. The number of aromatic nitrogens is 2. The number of halogens is 1. The van der Waals surface area contributed by atoms with Gasteiger partial charge in [0.1, 0.15) is 6.61 Å². The molecule has 1 aromatic heterocycles. The van der Waals surface area contributed by atoms with Crippen LogP contribution < -0.4 is 10.5 Å². The first kappa shape index (κ1) is 11.3. The molecule has 2 rings (SSSR count). The van der Waals surface area contributed by atoms with Gasteiger partial charge in [0.2, 0.25) is 11.8 Å². The molecule has 0 aliphatic rings. The highest BCUT2D eigenvalue weighted by Crippen LogP contribution is 2.15. The molecule has 0 bridgehead atoms. The highest BCUT2D eigenvalue weighted by atomic mass is 19.1. The van der Waals surface area contributed by atoms with E-state index < -0.39 is 5.82 Å². The van der Waals surface area contributed by atoms with Crippen molar-refractivity contribution in [3.8, 4) is 5.88 Å². The van der Waals surface area contributed by atoms with Crippen molar-refractivity contribution >= 4 is 5.95 Å². The average molecular weight is 233 g/mol. The first-order chi connectivity index (χ1) is 8.15. The molecule has 0 saturated heterocycles. The van der Waals surface area contributed by atoms with Gasteiger partial charge in [0.25, 0.3) is 5.88 Å². The van der Waals surface area contributed by atoms with Crippen LogP contribution >= 0.6 is 0 Å². The minimum Gasteiger partial charge on any atom is -0.471 e. The topological polar surface area (TPSA) is 61.0 Å². The number of hydrogen-bond acceptors (Lipinski definition) is 4. The van der Waals surface area contributed by atoms with Crippen molar-refractivity contribution in [3.05, 3.63) is 47.4 Å². The van der Waals surface area contributed by atoms with Crippen molar-refractivity contribution in [1.29, 1.82) is 0 Å². The van der Waals surface area contributed by atoms with E-state index in [1.54, 1.807) is 0 Å². The second-order valence-electron chi connectivity index (χ2n) is 3.66. The Kier molecular flexibility index (Phi) is 3.18. The normalized spacial score (nSPS) is 10.2. The summed E-state index contributed by atoms with van der Waals surface area (Å²) in [5, 5.41) is 0. The number of nitrogens with two attached hydrogens (primary N) is 1. The second-order valence-corrected chi connectivity index (χ2v) is 3.66. The zero-order valence-electron chi connectivity index (χ0n) is 9.35. The van der Waals surface area contributed by atoms with Gasteiger partial charge >= 0.3 is 0 Å². The maximum absolute atomic E-state index is 13.2. The van der Waals surface area contributed by atoms with E-state index in [1.165, 1.54) is 0 Å². The van der Waals surface area contributed by atoms with Crippen molar-refractivity contribution in [1.82, 2.24) is 9.97 Å². The number of anilines is 1. The Labute approximate surface area is 98.3 Å². The van der Waals surface area contributed by atoms with E-state index in [0.29, 0.717) is 0 Å². The van der Waals surface area contributed by atoms with Crippen LogP contribution in [0.1, 0.15) is 11.1 Å². The molecule has 0 fully saturated rings. The summed E-state index contributed by atoms with van der Waals surface area (Å²) in [6, 6.07) is 7.75. The van der Waals surface area contributed by atoms with Gasteiger partial charge in [-0.25, -0.2) is 4.98 Å². The van der Waals surface area contributed by atoms with Crippen molar-refractivity contribution in [3.63, 3.8) is 0 Å². The fourth-order valence-electron chi connectivity index (χ4n) is 1.30. The second kappa shape index (κ2) is 4.78. The van der Waals surface area contributed by atoms with Crippen LogP contribution in [0.15, 0.2) is 30.5 Å². The Hall–Kier alpha value is -2.17. The summed E-state index contributed by atoms with van der Waals surface area (Å²) in [4.78, 5) is 7.19. The van der Waals surface area contributed by atoms with Gasteiger partial charge in [-0.1, -0.05) is 29.8 Å². The maximum Gasteiger partial charge on any atom is 0.255 e. The fourth-order valence-corrected chi connectivity index (χ4v) is 1.30. The van der Waals surface area contributed by atoms with E-state index in [9.17, 15) is 4.39 Å². The molecule has 1 aromatic carbocycles. The standard InChI is InChI=1S/C12H12FN3O/c1-8-2-4-9(5-3-8)7-17-11-10(13)6-15-12(14)16-11/h2-6H,7H2,1H3,(H2,14,15,16). The van der Waals surface area contributed by atoms with Crippen molar-refractivity contribution in [2.75, 3.05) is 5.73 Å². The number of aryl methyl sites for hydroxylation is 1. The third kappa shape index (κ3) is 2.90. The van der Waals surface area contributed by atoms with E-state index in [-0.39, 0.29) is 18.4 Å². The molecule has 0 spiro atoms. The molecule has 0 atom stereocenters. The van der Waals surface area contributed by atoms with Gasteiger partial charge in [-0.15, -0.1) is 0 Å². The highest BCUT2D eigenvalue weighted by Gasteiger charge is 2.06. The smallest absolute Gasteiger partial charge is 0.255 e. The molecule has 0 amide bonds. The molecule has 5 heteroatoms. The Morgan fingerprint density at radius 2 is 2.00 bits per heavy atom. The summed E-state index contributed by atoms with van der Waals surface area (Å²) in [6.07, 6.45) is 0.993. The monoisotopic (exact) mass is 233 g/mol. The first-order valence-electron chi connectivity index (χ1n) is 5.11. The van der Waals surface area contributed by atoms with Gasteiger partial charge in [0.05, 0.1) is 6.20 Å². The van der Waals surface area contributed by atoms with Crippen molar-refractivity contribution in [2.45, 2.75) is 13.5 Å². The van der Waals surface area contributed by atoms with Crippen molar-refractivity contribution in [2.24, 2.45) is 0 Å². The van der Waals surface area contributed by atoms with Crippen LogP contribution in [-0.2, 0) is 6.61 Å². The average Bonchev–Trinajstić information content (AvgIpc) is 2.32. The molecule has 17 heavy (non-hydrogen) atoms. The lowest BCUT2D eigenvalue weighted by Crippen LogP contribution is -2.03. The zero-order valence-corrected chi connectivity index (χ0v) is 9.35. The summed E-state index contributed by atoms with van der Waals surface area (Å²) < 4.78 is 18.5. The van der Waals surface area contributed by atoms with Gasteiger partial charge in [-0.3, -0.25) is 0 Å². The fraction of sp³-hybridized carbons (Fsp3) is 0.167. The summed E-state index contributed by atoms with van der Waals surface area (Å²) in [5.41, 5.74) is 7.44. The molecule has 2 N–H and O–H groups in total. The number of nitrogen functional groups attached to an aromatic ring is 1. The summed E-state index contributed by atoms with van der Waals surface area (Å²) in [5.74, 6) is -0.755. The highest BCUT2D eigenvalue weighted by molar-refractivity contribution is 5.24. The van der Waals surface area contributed by atoms with Crippen LogP contribution in [0.25, 0.3) is 0 Å². The molecule has 88 valence electrons. The Bertz CT molecular complexity index is 514. The van der Waals surface area contributed by atoms with Gasteiger partial charge in [-0.05, 0) is 12.5 Å². The van der Waals surface area contributed by atoms with Gasteiger partial charge < -0.3 is 10.5 Å². The van der Waals surface area contributed by atoms with Crippen molar-refractivity contribution < 1.29 is 9.13 Å². The summed E-state index contributed by atoms with van der Waals surface area (Å²) in [6.45, 7) is 2.24. The van der Waals surface area contributed by atoms with Crippen LogP contribution in [0.4, 0.5) is 10.3 Å². The Morgan fingerprint density at radius 1 is 1.29 bits per heavy atom. The summed E-state index contributed by atoms with van der Waals surface area (Å²) in [7, 11) is 0. The molecule has 0 unspecified atom stereocenters. The predicted molar refractivity (Wildman–Crippen MR) is 61.9 cm³/mol. The molecule has 0 aliphatic carbocycles. The molecule has 0 aliphatic heterocycles. The first-order valence-corrected chi connectivity index (χ1v) is 5.11. The number of ether oxygens (including phenoxy) is 1. The van der Waals surface area contributed by atoms with E-state index in [2.05, 4.69) is 9.97 Å². The van der Waals surface area contributed by atoms with Crippen LogP contribution in [0.3, 0.4) is 0 Å². The van der Waals surface area contributed by atoms with E-state index in [1.807, 2.05) is 31.2 Å². The lowest BCUT2D eigenvalue weighted by molar-refractivity contribution is 0.277. The lowest BCUT2D eigenvalue weighted by atomic mass is 10.2. The van der Waals surface area contributed by atoms with Crippen LogP contribution in [-0.4, -0.2) is 9.97 Å². The molecule has 0 saturated carbocycles. The number of benzene rings is 1. The van der Waals surface area contributed by atoms with E-state index in [0.717, 1.165) is 17.3 Å². The van der Waals surface area contributed by atoms with Gasteiger partial charge in [0.15, 0.2) is 0 Å². The molecule has 1 heterocycles. The van der Waals surface area contributed by atoms with Crippen LogP contribution in [0.2, 0.25) is 0 Å². The number of hydrogen-bond donors (Lipinski definition) is 1. The maximum atomic E-state index is 13.2. The van der Waals surface area contributed by atoms with Crippen LogP contribution in [0, 0.1) is 12.7 Å². The number of rotatable bonds is 3. The van der Waals surface area contributed by atoms with Crippen LogP contribution in [0.5, 0.6) is 5.88 Å². The largest absolute Gasteiger partial charge is 0.471 e. The third-order valence-electron chi connectivity index (χ3n) is 2.23. The van der Waals surface area contributed by atoms with E-state index in [4.69, 9.17) is 10.5 Å². The molecule has 4 nitrogen and oxygen atoms in total. The quantitative estimate of drug-likeness (QED) is 0.881. The Morgan fingerprint density at radius 3 is 2.71 bits per heavy atom. The third-order valence-corrected chi connectivity index (χ3v) is 2.23. The molecule has 0 radical (unpaired) electrons. The minimum atomic E-state index is -0.619. The molecule has 2 aromatic rings. The summed E-state index contributed by atoms with van der Waals surface area (Å²) >= 11 is 0. The minimum absolute atomic E-state index is 0.00898. The Balaban J connectivity index is 2.07. The predicted octanol–water partition coefficient (Wildman–Crippen LogP) is 2.09. The molecular weight excluding hydrogens is 221 g/mol. The molecular formula is C12H12FN3O. The lowest BCUT2D eigenvalue weighted by Gasteiger charge is -2.06.